The number of alkyl halides is 3. The molecule has 0 aliphatic carbocycles. The van der Waals surface area contributed by atoms with Crippen molar-refractivity contribution in [1.29, 1.82) is 0 Å². The summed E-state index contributed by atoms with van der Waals surface area (Å²) >= 11 is 5.74. The lowest BCUT2D eigenvalue weighted by Gasteiger charge is -2.13. The number of benzene rings is 2. The second-order valence-electron chi connectivity index (χ2n) is 5.02. The summed E-state index contributed by atoms with van der Waals surface area (Å²) in [4.78, 5) is 23.4. The first kappa shape index (κ1) is 18.8. The van der Waals surface area contributed by atoms with E-state index in [2.05, 4.69) is 5.32 Å². The number of hydrogen-bond donors (Lipinski definition) is 1. The van der Waals surface area contributed by atoms with Crippen LogP contribution in [0.2, 0.25) is 5.02 Å². The average Bonchev–Trinajstić information content (AvgIpc) is 2.57. The zero-order valence-electron chi connectivity index (χ0n) is 12.8. The first-order valence-electron chi connectivity index (χ1n) is 7.12. The molecule has 4 nitrogen and oxygen atoms in total. The fraction of sp³-hybridized carbons (Fsp3) is 0.176. The predicted molar refractivity (Wildman–Crippen MR) is 85.0 cm³/mol. The fourth-order valence-electron chi connectivity index (χ4n) is 2.03. The Morgan fingerprint density at radius 3 is 2.48 bits per heavy atom. The molecule has 0 heterocycles. The van der Waals surface area contributed by atoms with E-state index in [0.717, 1.165) is 6.07 Å². The van der Waals surface area contributed by atoms with Crippen LogP contribution in [-0.2, 0) is 22.3 Å². The Labute approximate surface area is 146 Å². The van der Waals surface area contributed by atoms with Crippen molar-refractivity contribution in [2.75, 3.05) is 6.61 Å². The molecule has 0 radical (unpaired) electrons. The molecule has 2 rings (SSSR count). The number of hydrogen-bond acceptors (Lipinski definition) is 3. The van der Waals surface area contributed by atoms with Crippen LogP contribution in [0.1, 0.15) is 21.5 Å². The van der Waals surface area contributed by atoms with E-state index in [1.54, 1.807) is 12.1 Å². The molecule has 0 aliphatic heterocycles. The van der Waals surface area contributed by atoms with Crippen molar-refractivity contribution in [2.24, 2.45) is 0 Å². The molecule has 0 aliphatic rings. The molecule has 0 atom stereocenters. The first-order chi connectivity index (χ1) is 11.8. The van der Waals surface area contributed by atoms with Crippen molar-refractivity contribution in [3.8, 4) is 0 Å². The highest BCUT2D eigenvalue weighted by Crippen LogP contribution is 2.31. The molecule has 1 amide bonds. The minimum Gasteiger partial charge on any atom is -0.452 e. The molecule has 8 heteroatoms. The van der Waals surface area contributed by atoms with E-state index in [9.17, 15) is 22.8 Å². The number of esters is 1. The van der Waals surface area contributed by atoms with Crippen molar-refractivity contribution in [3.63, 3.8) is 0 Å². The number of amides is 1. The second kappa shape index (κ2) is 8.02. The quantitative estimate of drug-likeness (QED) is 0.813. The van der Waals surface area contributed by atoms with Crippen LogP contribution in [0, 0.1) is 0 Å². The maximum atomic E-state index is 12.9. The SMILES string of the molecule is O=C(COC(=O)c1cccc(Cl)c1)NCc1ccccc1C(F)(F)F. The number of nitrogens with one attached hydrogen (secondary N) is 1. The van der Waals surface area contributed by atoms with Gasteiger partial charge in [0.05, 0.1) is 11.1 Å². The van der Waals surface area contributed by atoms with Gasteiger partial charge < -0.3 is 10.1 Å². The largest absolute Gasteiger partial charge is 0.452 e. The van der Waals surface area contributed by atoms with Crippen LogP contribution in [0.3, 0.4) is 0 Å². The van der Waals surface area contributed by atoms with Gasteiger partial charge >= 0.3 is 12.1 Å². The number of ether oxygens (including phenoxy) is 1. The van der Waals surface area contributed by atoms with Gasteiger partial charge in [0.15, 0.2) is 6.61 Å². The highest BCUT2D eigenvalue weighted by Gasteiger charge is 2.32. The van der Waals surface area contributed by atoms with Crippen molar-refractivity contribution < 1.29 is 27.5 Å². The maximum absolute atomic E-state index is 12.9. The number of halogens is 4. The second-order valence-corrected chi connectivity index (χ2v) is 5.45. The van der Waals surface area contributed by atoms with Gasteiger partial charge in [0.2, 0.25) is 0 Å². The van der Waals surface area contributed by atoms with Crippen molar-refractivity contribution in [2.45, 2.75) is 12.7 Å². The zero-order valence-corrected chi connectivity index (χ0v) is 13.5. The Morgan fingerprint density at radius 2 is 1.80 bits per heavy atom. The van der Waals surface area contributed by atoms with Gasteiger partial charge in [0, 0.05) is 11.6 Å². The molecule has 2 aromatic carbocycles. The van der Waals surface area contributed by atoms with Gasteiger partial charge in [0.1, 0.15) is 0 Å². The lowest BCUT2D eigenvalue weighted by Crippen LogP contribution is -2.29. The maximum Gasteiger partial charge on any atom is 0.416 e. The van der Waals surface area contributed by atoms with Crippen LogP contribution in [0.15, 0.2) is 48.5 Å². The summed E-state index contributed by atoms with van der Waals surface area (Å²) in [7, 11) is 0. The highest BCUT2D eigenvalue weighted by molar-refractivity contribution is 6.30. The van der Waals surface area contributed by atoms with Gasteiger partial charge in [-0.05, 0) is 29.8 Å². The van der Waals surface area contributed by atoms with Crippen molar-refractivity contribution in [3.05, 3.63) is 70.2 Å². The van der Waals surface area contributed by atoms with Gasteiger partial charge in [-0.1, -0.05) is 35.9 Å². The Balaban J connectivity index is 1.89. The topological polar surface area (TPSA) is 55.4 Å². The summed E-state index contributed by atoms with van der Waals surface area (Å²) in [5, 5.41) is 2.62. The summed E-state index contributed by atoms with van der Waals surface area (Å²) in [5.41, 5.74) is -0.738. The smallest absolute Gasteiger partial charge is 0.416 e. The van der Waals surface area contributed by atoms with E-state index in [-0.39, 0.29) is 17.7 Å². The zero-order chi connectivity index (χ0) is 18.4. The van der Waals surface area contributed by atoms with Crippen LogP contribution in [0.25, 0.3) is 0 Å². The van der Waals surface area contributed by atoms with Crippen molar-refractivity contribution >= 4 is 23.5 Å². The summed E-state index contributed by atoms with van der Waals surface area (Å²) in [5.74, 6) is -1.47. The Hall–Kier alpha value is -2.54. The van der Waals surface area contributed by atoms with Gasteiger partial charge in [-0.25, -0.2) is 4.79 Å². The van der Waals surface area contributed by atoms with Crippen LogP contribution in [0.4, 0.5) is 13.2 Å². The molecule has 0 spiro atoms. The summed E-state index contributed by atoms with van der Waals surface area (Å²) in [6.45, 7) is -0.942. The van der Waals surface area contributed by atoms with Crippen LogP contribution in [-0.4, -0.2) is 18.5 Å². The van der Waals surface area contributed by atoms with Crippen LogP contribution >= 0.6 is 11.6 Å². The molecule has 132 valence electrons. The normalized spacial score (nSPS) is 11.0. The molecule has 0 fully saturated rings. The molecule has 0 aromatic heterocycles. The third-order valence-electron chi connectivity index (χ3n) is 3.19. The number of carbonyl (C=O) groups is 2. The Kier molecular flexibility index (Phi) is 6.03. The average molecular weight is 372 g/mol. The molecular formula is C17H13ClF3NO3. The number of rotatable bonds is 5. The van der Waals surface area contributed by atoms with Gasteiger partial charge in [-0.15, -0.1) is 0 Å². The third-order valence-corrected chi connectivity index (χ3v) is 3.43. The monoisotopic (exact) mass is 371 g/mol. The van der Waals surface area contributed by atoms with E-state index < -0.39 is 30.2 Å². The third kappa shape index (κ3) is 5.49. The highest BCUT2D eigenvalue weighted by atomic mass is 35.5. The minimum absolute atomic E-state index is 0.0792. The molecular weight excluding hydrogens is 359 g/mol. The lowest BCUT2D eigenvalue weighted by molar-refractivity contribution is -0.138. The first-order valence-corrected chi connectivity index (χ1v) is 7.49. The van der Waals surface area contributed by atoms with E-state index in [1.165, 1.54) is 30.3 Å². The standard InChI is InChI=1S/C17H13ClF3NO3/c18-13-6-3-5-11(8-13)16(24)25-10-15(23)22-9-12-4-1-2-7-14(12)17(19,20)21/h1-8H,9-10H2,(H,22,23). The van der Waals surface area contributed by atoms with E-state index >= 15 is 0 Å². The molecule has 0 saturated heterocycles. The summed E-state index contributed by atoms with van der Waals surface area (Å²) < 4.78 is 43.4. The van der Waals surface area contributed by atoms with Gasteiger partial charge in [0.25, 0.3) is 5.91 Å². The summed E-state index contributed by atoms with van der Waals surface area (Å²) in [6.07, 6.45) is -4.51. The predicted octanol–water partition coefficient (Wildman–Crippen LogP) is 3.83. The lowest BCUT2D eigenvalue weighted by atomic mass is 10.1. The van der Waals surface area contributed by atoms with E-state index in [0.29, 0.717) is 5.02 Å². The molecule has 25 heavy (non-hydrogen) atoms. The molecule has 0 saturated carbocycles. The van der Waals surface area contributed by atoms with Crippen molar-refractivity contribution in [1.82, 2.24) is 5.32 Å². The molecule has 1 N–H and O–H groups in total. The van der Waals surface area contributed by atoms with Gasteiger partial charge in [-0.3, -0.25) is 4.79 Å². The number of carbonyl (C=O) groups excluding carboxylic acids is 2. The Morgan fingerprint density at radius 1 is 1.08 bits per heavy atom. The molecule has 0 bridgehead atoms. The Bertz CT molecular complexity index is 778. The fourth-order valence-corrected chi connectivity index (χ4v) is 2.22. The van der Waals surface area contributed by atoms with Crippen LogP contribution < -0.4 is 5.32 Å². The molecule has 0 unspecified atom stereocenters. The van der Waals surface area contributed by atoms with E-state index in [4.69, 9.17) is 16.3 Å². The van der Waals surface area contributed by atoms with Crippen LogP contribution in [0.5, 0.6) is 0 Å². The summed E-state index contributed by atoms with van der Waals surface area (Å²) in [6, 6.07) is 10.9. The van der Waals surface area contributed by atoms with Gasteiger partial charge in [-0.2, -0.15) is 13.2 Å². The minimum atomic E-state index is -4.51. The van der Waals surface area contributed by atoms with E-state index in [1.807, 2.05) is 0 Å². The molecule has 2 aromatic rings.